The molecule has 0 amide bonds. The SMILES string of the molecule is C.Cc1ccc(-c2c(-c3ccccc3)c(-c3ccccc3)c(-c3ccc(C)cc3)c(-c3ccccc3)c2-c2ccccc2)cc1. The minimum atomic E-state index is 0. The highest BCUT2D eigenvalue weighted by Gasteiger charge is 2.28. The molecule has 0 saturated heterocycles. The molecule has 0 aliphatic rings. The van der Waals surface area contributed by atoms with Crippen molar-refractivity contribution in [2.75, 3.05) is 0 Å². The highest BCUT2D eigenvalue weighted by atomic mass is 14.3. The average Bonchev–Trinajstić information content (AvgIpc) is 3.09. The van der Waals surface area contributed by atoms with Crippen molar-refractivity contribution in [2.45, 2.75) is 21.3 Å². The normalized spacial score (nSPS) is 10.7. The zero-order chi connectivity index (χ0) is 29.9. The standard InChI is InChI=1S/C44H34.CH4/c1-31-23-27-37(28-24-31)43-39(33-15-7-3-8-16-33)41(35-19-11-5-12-20-35)44(38-29-25-32(2)26-30-38)42(36-21-13-6-14-22-36)40(43)34-17-9-4-10-18-34;/h3-30H,1-2H3;1H4. The fourth-order valence-electron chi connectivity index (χ4n) is 6.34. The molecule has 0 aromatic heterocycles. The molecule has 0 heterocycles. The first-order chi connectivity index (χ1) is 21.7. The molecule has 0 spiro atoms. The molecule has 0 aliphatic carbocycles. The number of hydrogen-bond acceptors (Lipinski definition) is 0. The van der Waals surface area contributed by atoms with E-state index in [1.165, 1.54) is 77.9 Å². The number of aryl methyl sites for hydroxylation is 2. The Morgan fingerprint density at radius 3 is 0.600 bits per heavy atom. The van der Waals surface area contributed by atoms with Crippen LogP contribution in [0.15, 0.2) is 170 Å². The van der Waals surface area contributed by atoms with E-state index in [-0.39, 0.29) is 7.43 Å². The first-order valence-electron chi connectivity index (χ1n) is 15.3. The van der Waals surface area contributed by atoms with Gasteiger partial charge in [0.05, 0.1) is 0 Å². The van der Waals surface area contributed by atoms with Gasteiger partial charge in [0, 0.05) is 0 Å². The van der Waals surface area contributed by atoms with E-state index in [1.54, 1.807) is 0 Å². The predicted octanol–water partition coefficient (Wildman–Crippen LogP) is 12.9. The van der Waals surface area contributed by atoms with Crippen LogP contribution in [0.4, 0.5) is 0 Å². The van der Waals surface area contributed by atoms with Gasteiger partial charge < -0.3 is 0 Å². The second-order valence-electron chi connectivity index (χ2n) is 11.4. The third-order valence-electron chi connectivity index (χ3n) is 8.43. The van der Waals surface area contributed by atoms with E-state index in [1.807, 2.05) is 0 Å². The highest BCUT2D eigenvalue weighted by Crippen LogP contribution is 2.55. The van der Waals surface area contributed by atoms with E-state index in [9.17, 15) is 0 Å². The lowest BCUT2D eigenvalue weighted by molar-refractivity contribution is 1.45. The Morgan fingerprint density at radius 1 is 0.222 bits per heavy atom. The second kappa shape index (κ2) is 13.0. The van der Waals surface area contributed by atoms with E-state index in [0.29, 0.717) is 0 Å². The van der Waals surface area contributed by atoms with Gasteiger partial charge in [0.25, 0.3) is 0 Å². The quantitative estimate of drug-likeness (QED) is 0.184. The maximum atomic E-state index is 2.29. The number of hydrogen-bond donors (Lipinski definition) is 0. The van der Waals surface area contributed by atoms with Gasteiger partial charge in [-0.1, -0.05) is 188 Å². The predicted molar refractivity (Wildman–Crippen MR) is 195 cm³/mol. The fraction of sp³-hybridized carbons (Fsp3) is 0.0667. The molecule has 0 atom stereocenters. The Kier molecular flexibility index (Phi) is 8.58. The monoisotopic (exact) mass is 578 g/mol. The zero-order valence-corrected chi connectivity index (χ0v) is 25.2. The van der Waals surface area contributed by atoms with Gasteiger partial charge in [0.2, 0.25) is 0 Å². The molecule has 0 fully saturated rings. The summed E-state index contributed by atoms with van der Waals surface area (Å²) in [4.78, 5) is 0. The Hall–Kier alpha value is -5.46. The van der Waals surface area contributed by atoms with Crippen molar-refractivity contribution >= 4 is 0 Å². The number of benzene rings is 7. The largest absolute Gasteiger partial charge is 0.0776 e. The van der Waals surface area contributed by atoms with Crippen LogP contribution in [0.2, 0.25) is 0 Å². The molecule has 0 radical (unpaired) electrons. The van der Waals surface area contributed by atoms with E-state index in [0.717, 1.165) is 0 Å². The van der Waals surface area contributed by atoms with Gasteiger partial charge in [-0.3, -0.25) is 0 Å². The lowest BCUT2D eigenvalue weighted by Crippen LogP contribution is -2.02. The van der Waals surface area contributed by atoms with Crippen LogP contribution < -0.4 is 0 Å². The Balaban J connectivity index is 0.00000357. The molecule has 0 bridgehead atoms. The van der Waals surface area contributed by atoms with E-state index in [2.05, 4.69) is 184 Å². The van der Waals surface area contributed by atoms with Crippen molar-refractivity contribution in [2.24, 2.45) is 0 Å². The van der Waals surface area contributed by atoms with Gasteiger partial charge in [-0.2, -0.15) is 0 Å². The van der Waals surface area contributed by atoms with Crippen LogP contribution >= 0.6 is 0 Å². The van der Waals surface area contributed by atoms with Crippen molar-refractivity contribution in [1.82, 2.24) is 0 Å². The summed E-state index contributed by atoms with van der Waals surface area (Å²) >= 11 is 0. The van der Waals surface area contributed by atoms with Crippen LogP contribution in [0.1, 0.15) is 18.6 Å². The smallest absolute Gasteiger partial charge is 0.00139 e. The van der Waals surface area contributed by atoms with Crippen LogP contribution in [0.5, 0.6) is 0 Å². The highest BCUT2D eigenvalue weighted by molar-refractivity contribution is 6.15. The molecule has 0 heteroatoms. The fourth-order valence-corrected chi connectivity index (χ4v) is 6.34. The molecule has 7 aromatic rings. The average molecular weight is 579 g/mol. The van der Waals surface area contributed by atoms with Crippen molar-refractivity contribution < 1.29 is 0 Å². The summed E-state index contributed by atoms with van der Waals surface area (Å²) in [6, 6.07) is 61.8. The van der Waals surface area contributed by atoms with Gasteiger partial charge in [-0.15, -0.1) is 0 Å². The van der Waals surface area contributed by atoms with Gasteiger partial charge in [0.1, 0.15) is 0 Å². The third-order valence-corrected chi connectivity index (χ3v) is 8.43. The van der Waals surface area contributed by atoms with Gasteiger partial charge >= 0.3 is 0 Å². The molecule has 0 aliphatic heterocycles. The third kappa shape index (κ3) is 5.76. The molecule has 0 unspecified atom stereocenters. The van der Waals surface area contributed by atoms with Crippen LogP contribution in [0.25, 0.3) is 66.8 Å². The van der Waals surface area contributed by atoms with E-state index in [4.69, 9.17) is 0 Å². The molecule has 218 valence electrons. The summed E-state index contributed by atoms with van der Waals surface area (Å²) in [6.07, 6.45) is 0. The summed E-state index contributed by atoms with van der Waals surface area (Å²) < 4.78 is 0. The summed E-state index contributed by atoms with van der Waals surface area (Å²) in [6.45, 7) is 4.32. The Labute approximate surface area is 268 Å². The van der Waals surface area contributed by atoms with E-state index < -0.39 is 0 Å². The zero-order valence-electron chi connectivity index (χ0n) is 25.2. The molecule has 0 N–H and O–H groups in total. The van der Waals surface area contributed by atoms with Crippen molar-refractivity contribution in [1.29, 1.82) is 0 Å². The lowest BCUT2D eigenvalue weighted by atomic mass is 9.74. The molecular weight excluding hydrogens is 540 g/mol. The maximum absolute atomic E-state index is 2.29. The van der Waals surface area contributed by atoms with Crippen LogP contribution in [0, 0.1) is 13.8 Å². The van der Waals surface area contributed by atoms with Gasteiger partial charge in [-0.05, 0) is 80.6 Å². The van der Waals surface area contributed by atoms with Crippen molar-refractivity contribution in [3.05, 3.63) is 181 Å². The lowest BCUT2D eigenvalue weighted by Gasteiger charge is -2.29. The second-order valence-corrected chi connectivity index (χ2v) is 11.4. The summed E-state index contributed by atoms with van der Waals surface area (Å²) in [5.41, 5.74) is 17.2. The van der Waals surface area contributed by atoms with Crippen LogP contribution in [-0.4, -0.2) is 0 Å². The molecule has 0 saturated carbocycles. The van der Waals surface area contributed by atoms with Gasteiger partial charge in [-0.25, -0.2) is 0 Å². The molecule has 0 nitrogen and oxygen atoms in total. The summed E-state index contributed by atoms with van der Waals surface area (Å²) in [5.74, 6) is 0. The topological polar surface area (TPSA) is 0 Å². The van der Waals surface area contributed by atoms with E-state index >= 15 is 0 Å². The number of rotatable bonds is 6. The first-order valence-corrected chi connectivity index (χ1v) is 15.3. The summed E-state index contributed by atoms with van der Waals surface area (Å²) in [7, 11) is 0. The first kappa shape index (κ1) is 29.6. The molecule has 45 heavy (non-hydrogen) atoms. The van der Waals surface area contributed by atoms with Crippen molar-refractivity contribution in [3.63, 3.8) is 0 Å². The Morgan fingerprint density at radius 2 is 0.400 bits per heavy atom. The van der Waals surface area contributed by atoms with Crippen LogP contribution in [0.3, 0.4) is 0 Å². The molecule has 7 rings (SSSR count). The minimum absolute atomic E-state index is 0. The maximum Gasteiger partial charge on any atom is -0.00139 e. The Bertz CT molecular complexity index is 1750. The van der Waals surface area contributed by atoms with Gasteiger partial charge in [0.15, 0.2) is 0 Å². The summed E-state index contributed by atoms with van der Waals surface area (Å²) in [5, 5.41) is 0. The van der Waals surface area contributed by atoms with Crippen molar-refractivity contribution in [3.8, 4) is 66.8 Å². The minimum Gasteiger partial charge on any atom is -0.0776 e. The molecular formula is C45H38. The van der Waals surface area contributed by atoms with Crippen LogP contribution in [-0.2, 0) is 0 Å². The molecule has 7 aromatic carbocycles.